The maximum atomic E-state index is 12.5. The van der Waals surface area contributed by atoms with Crippen molar-refractivity contribution in [3.05, 3.63) is 29.3 Å². The fourth-order valence-corrected chi connectivity index (χ4v) is 3.09. The SMILES string of the molecule is Cc1ccc(C(N)=S)cc1NC(=O)C1C(C)(C)C1(C)C. The van der Waals surface area contributed by atoms with Crippen LogP contribution in [0.15, 0.2) is 18.2 Å². The number of benzene rings is 1. The van der Waals surface area contributed by atoms with Gasteiger partial charge in [-0.05, 0) is 29.4 Å². The Bertz CT molecular complexity index is 576. The summed E-state index contributed by atoms with van der Waals surface area (Å²) >= 11 is 4.98. The van der Waals surface area contributed by atoms with E-state index in [4.69, 9.17) is 18.0 Å². The molecule has 0 heterocycles. The molecule has 0 atom stereocenters. The van der Waals surface area contributed by atoms with Crippen LogP contribution in [0.25, 0.3) is 0 Å². The number of rotatable bonds is 3. The quantitative estimate of drug-likeness (QED) is 0.840. The van der Waals surface area contributed by atoms with Gasteiger partial charge in [0.1, 0.15) is 4.99 Å². The van der Waals surface area contributed by atoms with E-state index in [1.54, 1.807) is 0 Å². The van der Waals surface area contributed by atoms with Crippen molar-refractivity contribution in [3.8, 4) is 0 Å². The Morgan fingerprint density at radius 1 is 1.25 bits per heavy atom. The van der Waals surface area contributed by atoms with Gasteiger partial charge in [-0.15, -0.1) is 0 Å². The first-order valence-corrected chi connectivity index (χ1v) is 7.21. The number of hydrogen-bond donors (Lipinski definition) is 2. The number of nitrogens with one attached hydrogen (secondary N) is 1. The van der Waals surface area contributed by atoms with E-state index in [1.807, 2.05) is 25.1 Å². The fraction of sp³-hybridized carbons (Fsp3) is 0.500. The smallest absolute Gasteiger partial charge is 0.228 e. The summed E-state index contributed by atoms with van der Waals surface area (Å²) in [5.41, 5.74) is 8.28. The lowest BCUT2D eigenvalue weighted by Gasteiger charge is -2.11. The van der Waals surface area contributed by atoms with Crippen molar-refractivity contribution in [1.82, 2.24) is 0 Å². The minimum atomic E-state index is 0.0304. The molecule has 1 aromatic rings. The zero-order valence-corrected chi connectivity index (χ0v) is 13.5. The van der Waals surface area contributed by atoms with Gasteiger partial charge in [0.05, 0.1) is 0 Å². The molecule has 0 bridgehead atoms. The number of carbonyl (C=O) groups excluding carboxylic acids is 1. The van der Waals surface area contributed by atoms with E-state index in [0.29, 0.717) is 4.99 Å². The lowest BCUT2D eigenvalue weighted by Crippen LogP contribution is -2.19. The van der Waals surface area contributed by atoms with E-state index in [9.17, 15) is 4.79 Å². The molecule has 1 saturated carbocycles. The molecule has 0 radical (unpaired) electrons. The zero-order chi connectivity index (χ0) is 15.3. The highest BCUT2D eigenvalue weighted by molar-refractivity contribution is 7.80. The fourth-order valence-electron chi connectivity index (χ4n) is 2.97. The Hall–Kier alpha value is -1.42. The number of aryl methyl sites for hydroxylation is 1. The molecule has 0 unspecified atom stereocenters. The average Bonchev–Trinajstić information content (AvgIpc) is 2.72. The Balaban J connectivity index is 2.21. The second kappa shape index (κ2) is 4.55. The predicted octanol–water partition coefficient (Wildman–Crippen LogP) is 3.25. The third-order valence-electron chi connectivity index (χ3n) is 5.06. The third kappa shape index (κ3) is 2.22. The first-order chi connectivity index (χ1) is 9.09. The van der Waals surface area contributed by atoms with Gasteiger partial charge < -0.3 is 11.1 Å². The number of carbonyl (C=O) groups is 1. The molecule has 1 fully saturated rings. The first-order valence-electron chi connectivity index (χ1n) is 6.80. The molecule has 0 aliphatic heterocycles. The van der Waals surface area contributed by atoms with Crippen LogP contribution < -0.4 is 11.1 Å². The third-order valence-corrected chi connectivity index (χ3v) is 5.30. The molecule has 1 amide bonds. The standard InChI is InChI=1S/C16H22N2OS/c1-9-6-7-10(13(17)20)8-11(9)18-14(19)12-15(2,3)16(12,4)5/h6-8,12H,1-5H3,(H2,17,20)(H,18,19). The molecule has 3 nitrogen and oxygen atoms in total. The van der Waals surface area contributed by atoms with Crippen LogP contribution in [-0.2, 0) is 4.79 Å². The van der Waals surface area contributed by atoms with Crippen LogP contribution in [0.2, 0.25) is 0 Å². The van der Waals surface area contributed by atoms with E-state index in [1.165, 1.54) is 0 Å². The summed E-state index contributed by atoms with van der Waals surface area (Å²) in [6.45, 7) is 10.5. The molecule has 0 spiro atoms. The summed E-state index contributed by atoms with van der Waals surface area (Å²) in [7, 11) is 0. The van der Waals surface area contributed by atoms with Gasteiger partial charge in [0.25, 0.3) is 0 Å². The lowest BCUT2D eigenvalue weighted by atomic mass is 10.0. The van der Waals surface area contributed by atoms with Gasteiger partial charge in [0.15, 0.2) is 0 Å². The molecule has 3 N–H and O–H groups in total. The van der Waals surface area contributed by atoms with Crippen molar-refractivity contribution < 1.29 is 4.79 Å². The normalized spacial score (nSPS) is 19.4. The molecule has 0 aromatic heterocycles. The Morgan fingerprint density at radius 2 is 1.80 bits per heavy atom. The van der Waals surface area contributed by atoms with E-state index in [0.717, 1.165) is 16.8 Å². The number of amides is 1. The lowest BCUT2D eigenvalue weighted by molar-refractivity contribution is -0.118. The van der Waals surface area contributed by atoms with Crippen molar-refractivity contribution in [2.75, 3.05) is 5.32 Å². The van der Waals surface area contributed by atoms with Crippen molar-refractivity contribution in [3.63, 3.8) is 0 Å². The Kier molecular flexibility index (Phi) is 3.41. The van der Waals surface area contributed by atoms with Crippen molar-refractivity contribution in [2.45, 2.75) is 34.6 Å². The van der Waals surface area contributed by atoms with Crippen LogP contribution in [0.4, 0.5) is 5.69 Å². The summed E-state index contributed by atoms with van der Waals surface area (Å²) in [5.74, 6) is 0.103. The second-order valence-corrected chi connectivity index (χ2v) is 7.20. The Labute approximate surface area is 125 Å². The minimum Gasteiger partial charge on any atom is -0.389 e. The van der Waals surface area contributed by atoms with Gasteiger partial charge in [0.2, 0.25) is 5.91 Å². The monoisotopic (exact) mass is 290 g/mol. The zero-order valence-electron chi connectivity index (χ0n) is 12.7. The molecule has 4 heteroatoms. The van der Waals surface area contributed by atoms with Crippen molar-refractivity contribution in [1.29, 1.82) is 0 Å². The first kappa shape index (κ1) is 15.0. The molecule has 1 aliphatic rings. The van der Waals surface area contributed by atoms with E-state index < -0.39 is 0 Å². The van der Waals surface area contributed by atoms with Crippen LogP contribution >= 0.6 is 12.2 Å². The van der Waals surface area contributed by atoms with Gasteiger partial charge >= 0.3 is 0 Å². The van der Waals surface area contributed by atoms with E-state index in [-0.39, 0.29) is 22.7 Å². The van der Waals surface area contributed by atoms with Crippen LogP contribution in [0.5, 0.6) is 0 Å². The highest BCUT2D eigenvalue weighted by Crippen LogP contribution is 2.68. The highest BCUT2D eigenvalue weighted by atomic mass is 32.1. The van der Waals surface area contributed by atoms with E-state index in [2.05, 4.69) is 33.0 Å². The second-order valence-electron chi connectivity index (χ2n) is 6.76. The van der Waals surface area contributed by atoms with Crippen LogP contribution in [0, 0.1) is 23.7 Å². The number of nitrogens with two attached hydrogens (primary N) is 1. The molecular formula is C16H22N2OS. The largest absolute Gasteiger partial charge is 0.389 e. The summed E-state index contributed by atoms with van der Waals surface area (Å²) in [5, 5.41) is 3.02. The number of thiocarbonyl (C=S) groups is 1. The molecule has 108 valence electrons. The van der Waals surface area contributed by atoms with Crippen LogP contribution in [-0.4, -0.2) is 10.9 Å². The molecule has 20 heavy (non-hydrogen) atoms. The van der Waals surface area contributed by atoms with Gasteiger partial charge in [-0.25, -0.2) is 0 Å². The summed E-state index contributed by atoms with van der Waals surface area (Å²) < 4.78 is 0. The molecule has 2 rings (SSSR count). The minimum absolute atomic E-state index is 0.0304. The Morgan fingerprint density at radius 3 is 2.25 bits per heavy atom. The molecular weight excluding hydrogens is 268 g/mol. The molecule has 1 aliphatic carbocycles. The van der Waals surface area contributed by atoms with E-state index >= 15 is 0 Å². The maximum absolute atomic E-state index is 12.5. The summed E-state index contributed by atoms with van der Waals surface area (Å²) in [6, 6.07) is 5.64. The maximum Gasteiger partial charge on any atom is 0.228 e. The average molecular weight is 290 g/mol. The van der Waals surface area contributed by atoms with Crippen molar-refractivity contribution in [2.24, 2.45) is 22.5 Å². The molecule has 1 aromatic carbocycles. The van der Waals surface area contributed by atoms with Crippen LogP contribution in [0.1, 0.15) is 38.8 Å². The highest BCUT2D eigenvalue weighted by Gasteiger charge is 2.68. The molecule has 0 saturated heterocycles. The van der Waals surface area contributed by atoms with Gasteiger partial charge in [-0.2, -0.15) is 0 Å². The summed E-state index contributed by atoms with van der Waals surface area (Å²) in [6.07, 6.45) is 0. The topological polar surface area (TPSA) is 55.1 Å². The number of hydrogen-bond acceptors (Lipinski definition) is 2. The van der Waals surface area contributed by atoms with Crippen LogP contribution in [0.3, 0.4) is 0 Å². The van der Waals surface area contributed by atoms with Gasteiger partial charge in [-0.3, -0.25) is 4.79 Å². The van der Waals surface area contributed by atoms with Crippen molar-refractivity contribution >= 4 is 28.8 Å². The predicted molar refractivity (Wildman–Crippen MR) is 86.7 cm³/mol. The van der Waals surface area contributed by atoms with Gasteiger partial charge in [-0.1, -0.05) is 52.0 Å². The summed E-state index contributed by atoms with van der Waals surface area (Å²) in [4.78, 5) is 12.8. The number of anilines is 1. The van der Waals surface area contributed by atoms with Gasteiger partial charge in [0, 0.05) is 17.2 Å².